The Bertz CT molecular complexity index is 1130. The molecule has 0 saturated carbocycles. The summed E-state index contributed by atoms with van der Waals surface area (Å²) < 4.78 is 19.2. The highest BCUT2D eigenvalue weighted by Crippen LogP contribution is 2.39. The quantitative estimate of drug-likeness (QED) is 0.529. The highest BCUT2D eigenvalue weighted by atomic mass is 19.1. The van der Waals surface area contributed by atoms with Gasteiger partial charge in [0.2, 0.25) is 5.89 Å². The molecule has 0 aliphatic heterocycles. The van der Waals surface area contributed by atoms with Crippen LogP contribution < -0.4 is 0 Å². The summed E-state index contributed by atoms with van der Waals surface area (Å²) in [4.78, 5) is 0. The molecule has 1 aliphatic rings. The van der Waals surface area contributed by atoms with Gasteiger partial charge in [-0.05, 0) is 35.4 Å². The van der Waals surface area contributed by atoms with Crippen LogP contribution >= 0.6 is 0 Å². The Labute approximate surface area is 148 Å². The molecule has 2 aromatic carbocycles. The van der Waals surface area contributed by atoms with Crippen LogP contribution in [0.2, 0.25) is 0 Å². The molecule has 0 amide bonds. The zero-order valence-corrected chi connectivity index (χ0v) is 13.6. The second-order valence-electron chi connectivity index (χ2n) is 6.09. The second-order valence-corrected chi connectivity index (χ2v) is 6.09. The standard InChI is InChI=1S/C20H13FN4O/c21-14-7-8-15-13(10-14)11-16-18(15)23-24-19(16)20-25-22-17(26-20)9-6-12-4-2-1-3-5-12/h1-10H,11H2,(H,23,24)/b9-6+. The number of aromatic nitrogens is 4. The minimum absolute atomic E-state index is 0.245. The third kappa shape index (κ3) is 2.43. The molecule has 4 aromatic rings. The van der Waals surface area contributed by atoms with Gasteiger partial charge in [-0.25, -0.2) is 4.39 Å². The zero-order chi connectivity index (χ0) is 17.5. The van der Waals surface area contributed by atoms with Crippen LogP contribution in [-0.2, 0) is 6.42 Å². The maximum Gasteiger partial charge on any atom is 0.266 e. The smallest absolute Gasteiger partial charge is 0.266 e. The minimum atomic E-state index is -0.245. The van der Waals surface area contributed by atoms with Gasteiger partial charge in [0, 0.05) is 23.6 Å². The predicted octanol–water partition coefficient (Wildman–Crippen LogP) is 4.34. The number of nitrogens with zero attached hydrogens (tertiary/aromatic N) is 3. The van der Waals surface area contributed by atoms with Crippen molar-refractivity contribution in [2.75, 3.05) is 0 Å². The van der Waals surface area contributed by atoms with Crippen LogP contribution in [-0.4, -0.2) is 20.4 Å². The van der Waals surface area contributed by atoms with E-state index in [0.29, 0.717) is 23.9 Å². The van der Waals surface area contributed by atoms with Crippen molar-refractivity contribution in [3.05, 3.63) is 76.9 Å². The number of rotatable bonds is 3. The summed E-state index contributed by atoms with van der Waals surface area (Å²) in [6.45, 7) is 0. The van der Waals surface area contributed by atoms with Crippen LogP contribution in [0.4, 0.5) is 4.39 Å². The van der Waals surface area contributed by atoms with Crippen LogP contribution in [0.15, 0.2) is 52.9 Å². The average molecular weight is 344 g/mol. The van der Waals surface area contributed by atoms with Crippen LogP contribution in [0.1, 0.15) is 22.6 Å². The summed E-state index contributed by atoms with van der Waals surface area (Å²) in [6.07, 6.45) is 4.27. The molecule has 0 atom stereocenters. The van der Waals surface area contributed by atoms with Gasteiger partial charge in [-0.15, -0.1) is 10.2 Å². The van der Waals surface area contributed by atoms with Crippen molar-refractivity contribution in [2.24, 2.45) is 0 Å². The molecule has 0 bridgehead atoms. The lowest BCUT2D eigenvalue weighted by Crippen LogP contribution is -1.88. The summed E-state index contributed by atoms with van der Waals surface area (Å²) in [5.74, 6) is 0.541. The summed E-state index contributed by atoms with van der Waals surface area (Å²) >= 11 is 0. The molecule has 26 heavy (non-hydrogen) atoms. The van der Waals surface area contributed by atoms with Gasteiger partial charge in [0.15, 0.2) is 0 Å². The summed E-state index contributed by atoms with van der Waals surface area (Å²) in [7, 11) is 0. The van der Waals surface area contributed by atoms with Crippen LogP contribution in [0, 0.1) is 5.82 Å². The van der Waals surface area contributed by atoms with Gasteiger partial charge in [0.25, 0.3) is 5.89 Å². The van der Waals surface area contributed by atoms with Crippen LogP contribution in [0.5, 0.6) is 0 Å². The Morgan fingerprint density at radius 1 is 1.04 bits per heavy atom. The normalized spacial score (nSPS) is 12.5. The monoisotopic (exact) mass is 344 g/mol. The van der Waals surface area contributed by atoms with E-state index in [1.807, 2.05) is 36.4 Å². The van der Waals surface area contributed by atoms with Gasteiger partial charge in [-0.2, -0.15) is 5.10 Å². The van der Waals surface area contributed by atoms with Crippen LogP contribution in [0.25, 0.3) is 35.0 Å². The number of nitrogens with one attached hydrogen (secondary N) is 1. The Hall–Kier alpha value is -3.54. The van der Waals surface area contributed by atoms with Crippen molar-refractivity contribution in [3.63, 3.8) is 0 Å². The number of halogens is 1. The van der Waals surface area contributed by atoms with E-state index in [4.69, 9.17) is 4.42 Å². The lowest BCUT2D eigenvalue weighted by molar-refractivity contribution is 0.555. The Kier molecular flexibility index (Phi) is 3.28. The molecule has 0 unspecified atom stereocenters. The van der Waals surface area contributed by atoms with E-state index in [-0.39, 0.29) is 5.82 Å². The number of hydrogen-bond acceptors (Lipinski definition) is 4. The van der Waals surface area contributed by atoms with Crippen molar-refractivity contribution >= 4 is 12.2 Å². The lowest BCUT2D eigenvalue weighted by atomic mass is 10.1. The molecular formula is C20H13FN4O. The maximum atomic E-state index is 13.5. The molecule has 0 fully saturated rings. The summed E-state index contributed by atoms with van der Waals surface area (Å²) in [5.41, 5.74) is 5.35. The van der Waals surface area contributed by atoms with Gasteiger partial charge in [-0.1, -0.05) is 30.3 Å². The van der Waals surface area contributed by atoms with E-state index in [2.05, 4.69) is 20.4 Å². The Balaban J connectivity index is 1.45. The summed E-state index contributed by atoms with van der Waals surface area (Å²) in [6, 6.07) is 14.6. The first-order chi connectivity index (χ1) is 12.8. The van der Waals surface area contributed by atoms with E-state index >= 15 is 0 Å². The molecule has 0 radical (unpaired) electrons. The lowest BCUT2D eigenvalue weighted by Gasteiger charge is -1.98. The van der Waals surface area contributed by atoms with E-state index in [1.54, 1.807) is 18.2 Å². The molecule has 2 aromatic heterocycles. The number of fused-ring (bicyclic) bond motifs is 3. The molecule has 0 saturated heterocycles. The molecule has 0 spiro atoms. The maximum absolute atomic E-state index is 13.5. The number of aromatic amines is 1. The van der Waals surface area contributed by atoms with E-state index in [9.17, 15) is 4.39 Å². The van der Waals surface area contributed by atoms with E-state index < -0.39 is 0 Å². The Morgan fingerprint density at radius 2 is 1.92 bits per heavy atom. The molecule has 2 heterocycles. The third-order valence-corrected chi connectivity index (χ3v) is 4.43. The second kappa shape index (κ2) is 5.77. The topological polar surface area (TPSA) is 67.6 Å². The van der Waals surface area contributed by atoms with Gasteiger partial charge in [0.1, 0.15) is 11.5 Å². The molecule has 5 rings (SSSR count). The largest absolute Gasteiger partial charge is 0.415 e. The van der Waals surface area contributed by atoms with Crippen LogP contribution in [0.3, 0.4) is 0 Å². The van der Waals surface area contributed by atoms with Gasteiger partial charge >= 0.3 is 0 Å². The number of hydrogen-bond donors (Lipinski definition) is 1. The number of H-pyrrole nitrogens is 1. The number of benzene rings is 2. The molecule has 6 heteroatoms. The van der Waals surface area contributed by atoms with Crippen molar-refractivity contribution in [2.45, 2.75) is 6.42 Å². The fourth-order valence-electron chi connectivity index (χ4n) is 3.20. The highest BCUT2D eigenvalue weighted by Gasteiger charge is 2.27. The first-order valence-electron chi connectivity index (χ1n) is 8.21. The zero-order valence-electron chi connectivity index (χ0n) is 13.6. The van der Waals surface area contributed by atoms with Gasteiger partial charge in [-0.3, -0.25) is 5.10 Å². The average Bonchev–Trinajstić information content (AvgIpc) is 3.35. The molecular weight excluding hydrogens is 331 g/mol. The van der Waals surface area contributed by atoms with Gasteiger partial charge in [0.05, 0.1) is 5.69 Å². The van der Waals surface area contributed by atoms with Crippen molar-refractivity contribution in [1.29, 1.82) is 0 Å². The van der Waals surface area contributed by atoms with Crippen molar-refractivity contribution in [1.82, 2.24) is 20.4 Å². The highest BCUT2D eigenvalue weighted by molar-refractivity contribution is 5.79. The third-order valence-electron chi connectivity index (χ3n) is 4.43. The molecule has 5 nitrogen and oxygen atoms in total. The van der Waals surface area contributed by atoms with Crippen molar-refractivity contribution < 1.29 is 8.81 Å². The predicted molar refractivity (Wildman–Crippen MR) is 95.4 cm³/mol. The summed E-state index contributed by atoms with van der Waals surface area (Å²) in [5, 5.41) is 15.5. The minimum Gasteiger partial charge on any atom is -0.415 e. The SMILES string of the molecule is Fc1ccc2c(c1)Cc1c-2n[nH]c1-c1nnc(/C=C/c2ccccc2)o1. The molecule has 1 aliphatic carbocycles. The molecule has 126 valence electrons. The molecule has 1 N–H and O–H groups in total. The fraction of sp³-hybridized carbons (Fsp3) is 0.0500. The Morgan fingerprint density at radius 3 is 2.81 bits per heavy atom. The fourth-order valence-corrected chi connectivity index (χ4v) is 3.20. The van der Waals surface area contributed by atoms with E-state index in [0.717, 1.165) is 27.9 Å². The first-order valence-corrected chi connectivity index (χ1v) is 8.21. The van der Waals surface area contributed by atoms with E-state index in [1.165, 1.54) is 6.07 Å². The van der Waals surface area contributed by atoms with Crippen molar-refractivity contribution in [3.8, 4) is 22.8 Å². The van der Waals surface area contributed by atoms with Gasteiger partial charge < -0.3 is 4.42 Å². The first kappa shape index (κ1) is 14.8.